The van der Waals surface area contributed by atoms with Crippen molar-refractivity contribution in [2.45, 2.75) is 4.90 Å². The zero-order valence-electron chi connectivity index (χ0n) is 11.9. The van der Waals surface area contributed by atoms with Gasteiger partial charge in [0.2, 0.25) is 0 Å². The van der Waals surface area contributed by atoms with Gasteiger partial charge in [0.05, 0.1) is 22.3 Å². The van der Waals surface area contributed by atoms with Crippen molar-refractivity contribution < 1.29 is 8.42 Å². The fourth-order valence-electron chi connectivity index (χ4n) is 1.82. The van der Waals surface area contributed by atoms with E-state index in [0.29, 0.717) is 17.1 Å². The summed E-state index contributed by atoms with van der Waals surface area (Å²) in [6, 6.07) is 9.15. The molecule has 0 spiro atoms. The number of anilines is 2. The largest absolute Gasteiger partial charge is 0.361 e. The summed E-state index contributed by atoms with van der Waals surface area (Å²) in [5, 5.41) is 8.79. The number of aromatic nitrogens is 1. The lowest BCUT2D eigenvalue weighted by atomic mass is 10.2. The number of pyridine rings is 1. The van der Waals surface area contributed by atoms with Gasteiger partial charge in [0.25, 0.3) is 10.0 Å². The van der Waals surface area contributed by atoms with Crippen molar-refractivity contribution in [3.63, 3.8) is 0 Å². The summed E-state index contributed by atoms with van der Waals surface area (Å²) >= 11 is 5.96. The first kappa shape index (κ1) is 16.1. The third-order valence-electron chi connectivity index (χ3n) is 2.81. The van der Waals surface area contributed by atoms with E-state index in [9.17, 15) is 8.42 Å². The predicted molar refractivity (Wildman–Crippen MR) is 85.5 cm³/mol. The molecule has 0 saturated heterocycles. The molecule has 1 aromatic heterocycles. The average molecular weight is 337 g/mol. The molecule has 1 heterocycles. The van der Waals surface area contributed by atoms with Crippen molar-refractivity contribution in [3.05, 3.63) is 47.1 Å². The topological polar surface area (TPSA) is 86.1 Å². The van der Waals surface area contributed by atoms with Crippen molar-refractivity contribution in [1.29, 1.82) is 5.26 Å². The Morgan fingerprint density at radius 1 is 1.32 bits per heavy atom. The van der Waals surface area contributed by atoms with Gasteiger partial charge in [-0.3, -0.25) is 4.72 Å². The second-order valence-electron chi connectivity index (χ2n) is 4.63. The van der Waals surface area contributed by atoms with Crippen LogP contribution in [0.5, 0.6) is 0 Å². The van der Waals surface area contributed by atoms with E-state index in [0.717, 1.165) is 0 Å². The maximum Gasteiger partial charge on any atom is 0.263 e. The van der Waals surface area contributed by atoms with Gasteiger partial charge in [-0.1, -0.05) is 11.6 Å². The highest BCUT2D eigenvalue weighted by Gasteiger charge is 2.20. The number of nitrogens with one attached hydrogen (secondary N) is 1. The second-order valence-corrected chi connectivity index (χ2v) is 6.69. The lowest BCUT2D eigenvalue weighted by molar-refractivity contribution is 0.601. The SMILES string of the molecule is CN(C)c1ncccc1NS(=O)(=O)c1ccc(C#N)cc1Cl. The Morgan fingerprint density at radius 2 is 2.05 bits per heavy atom. The minimum absolute atomic E-state index is 0.0122. The van der Waals surface area contributed by atoms with Gasteiger partial charge < -0.3 is 4.90 Å². The van der Waals surface area contributed by atoms with Gasteiger partial charge in [0, 0.05) is 20.3 Å². The van der Waals surface area contributed by atoms with Gasteiger partial charge in [-0.2, -0.15) is 5.26 Å². The van der Waals surface area contributed by atoms with Crippen LogP contribution in [0.4, 0.5) is 11.5 Å². The van der Waals surface area contributed by atoms with Gasteiger partial charge in [-0.05, 0) is 30.3 Å². The van der Waals surface area contributed by atoms with Crippen molar-refractivity contribution in [1.82, 2.24) is 4.98 Å². The fraction of sp³-hybridized carbons (Fsp3) is 0.143. The number of nitriles is 1. The van der Waals surface area contributed by atoms with E-state index in [1.165, 1.54) is 18.2 Å². The van der Waals surface area contributed by atoms with Gasteiger partial charge >= 0.3 is 0 Å². The molecule has 114 valence electrons. The van der Waals surface area contributed by atoms with Crippen LogP contribution in [0.25, 0.3) is 0 Å². The van der Waals surface area contributed by atoms with E-state index in [4.69, 9.17) is 16.9 Å². The molecule has 0 atom stereocenters. The molecule has 0 aliphatic carbocycles. The van der Waals surface area contributed by atoms with Crippen molar-refractivity contribution >= 4 is 33.1 Å². The molecule has 0 unspecified atom stereocenters. The minimum atomic E-state index is -3.88. The smallest absolute Gasteiger partial charge is 0.263 e. The Hall–Kier alpha value is -2.30. The Kier molecular flexibility index (Phi) is 4.54. The summed E-state index contributed by atoms with van der Waals surface area (Å²) in [6.45, 7) is 0. The van der Waals surface area contributed by atoms with Crippen molar-refractivity contribution in [3.8, 4) is 6.07 Å². The quantitative estimate of drug-likeness (QED) is 0.926. The van der Waals surface area contributed by atoms with Crippen LogP contribution >= 0.6 is 11.6 Å². The van der Waals surface area contributed by atoms with E-state index in [-0.39, 0.29) is 9.92 Å². The molecular weight excluding hydrogens is 324 g/mol. The maximum absolute atomic E-state index is 12.5. The third-order valence-corrected chi connectivity index (χ3v) is 4.65. The fourth-order valence-corrected chi connectivity index (χ4v) is 3.43. The molecule has 1 aromatic carbocycles. The molecule has 22 heavy (non-hydrogen) atoms. The van der Waals surface area contributed by atoms with Crippen LogP contribution in [0, 0.1) is 11.3 Å². The Bertz CT molecular complexity index is 844. The number of sulfonamides is 1. The molecule has 1 N–H and O–H groups in total. The van der Waals surface area contributed by atoms with E-state index >= 15 is 0 Å². The molecular formula is C14H13ClN4O2S. The lowest BCUT2D eigenvalue weighted by Gasteiger charge is -2.17. The van der Waals surface area contributed by atoms with Crippen molar-refractivity contribution in [2.24, 2.45) is 0 Å². The first-order valence-electron chi connectivity index (χ1n) is 6.20. The number of rotatable bonds is 4. The Labute approximate surface area is 134 Å². The molecule has 6 nitrogen and oxygen atoms in total. The standard InChI is InChI=1S/C14H13ClN4O2S/c1-19(2)14-12(4-3-7-17-14)18-22(20,21)13-6-5-10(9-16)8-11(13)15/h3-8,18H,1-2H3. The van der Waals surface area contributed by atoms with Gasteiger partial charge in [-0.25, -0.2) is 13.4 Å². The number of benzene rings is 1. The maximum atomic E-state index is 12.5. The summed E-state index contributed by atoms with van der Waals surface area (Å²) in [4.78, 5) is 5.73. The zero-order valence-corrected chi connectivity index (χ0v) is 13.5. The molecule has 8 heteroatoms. The molecule has 0 fully saturated rings. The van der Waals surface area contributed by atoms with E-state index < -0.39 is 10.0 Å². The van der Waals surface area contributed by atoms with Crippen molar-refractivity contribution in [2.75, 3.05) is 23.7 Å². The predicted octanol–water partition coefficient (Wildman–Crippen LogP) is 2.47. The van der Waals surface area contributed by atoms with Crippen LogP contribution in [-0.4, -0.2) is 27.5 Å². The number of nitrogens with zero attached hydrogens (tertiary/aromatic N) is 3. The van der Waals surface area contributed by atoms with Gasteiger partial charge in [0.15, 0.2) is 5.82 Å². The average Bonchev–Trinajstić information content (AvgIpc) is 2.46. The number of hydrogen-bond donors (Lipinski definition) is 1. The highest BCUT2D eigenvalue weighted by atomic mass is 35.5. The van der Waals surface area contributed by atoms with Crippen LogP contribution in [0.3, 0.4) is 0 Å². The molecule has 2 rings (SSSR count). The summed E-state index contributed by atoms with van der Waals surface area (Å²) in [6.07, 6.45) is 1.57. The Morgan fingerprint density at radius 3 is 2.64 bits per heavy atom. The summed E-state index contributed by atoms with van der Waals surface area (Å²) in [7, 11) is -0.366. The molecule has 2 aromatic rings. The monoisotopic (exact) mass is 336 g/mol. The zero-order chi connectivity index (χ0) is 16.3. The van der Waals surface area contributed by atoms with Crippen LogP contribution in [-0.2, 0) is 10.0 Å². The molecule has 0 saturated carbocycles. The summed E-state index contributed by atoms with van der Waals surface area (Å²) < 4.78 is 27.4. The Balaban J connectivity index is 2.43. The first-order chi connectivity index (χ1) is 10.3. The minimum Gasteiger partial charge on any atom is -0.361 e. The van der Waals surface area contributed by atoms with E-state index in [2.05, 4.69) is 9.71 Å². The van der Waals surface area contributed by atoms with Crippen LogP contribution in [0.2, 0.25) is 5.02 Å². The normalized spacial score (nSPS) is 10.8. The molecule has 0 aliphatic rings. The van der Waals surface area contributed by atoms with Gasteiger partial charge in [-0.15, -0.1) is 0 Å². The van der Waals surface area contributed by atoms with Gasteiger partial charge in [0.1, 0.15) is 4.90 Å². The van der Waals surface area contributed by atoms with E-state index in [1.54, 1.807) is 37.3 Å². The number of hydrogen-bond acceptors (Lipinski definition) is 5. The molecule has 0 bridgehead atoms. The summed E-state index contributed by atoms with van der Waals surface area (Å²) in [5.41, 5.74) is 0.632. The molecule has 0 amide bonds. The molecule has 0 radical (unpaired) electrons. The summed E-state index contributed by atoms with van der Waals surface area (Å²) in [5.74, 6) is 0.482. The third kappa shape index (κ3) is 3.30. The highest BCUT2D eigenvalue weighted by Crippen LogP contribution is 2.27. The molecule has 0 aliphatic heterocycles. The van der Waals surface area contributed by atoms with E-state index in [1.807, 2.05) is 6.07 Å². The lowest BCUT2D eigenvalue weighted by Crippen LogP contribution is -2.18. The highest BCUT2D eigenvalue weighted by molar-refractivity contribution is 7.92. The van der Waals surface area contributed by atoms with Crippen LogP contribution < -0.4 is 9.62 Å². The van der Waals surface area contributed by atoms with Crippen LogP contribution in [0.1, 0.15) is 5.56 Å². The van der Waals surface area contributed by atoms with Crippen LogP contribution in [0.15, 0.2) is 41.4 Å². The second kappa shape index (κ2) is 6.22. The number of halogens is 1. The first-order valence-corrected chi connectivity index (χ1v) is 8.06.